The Morgan fingerprint density at radius 3 is 1.56 bits per heavy atom. The number of phenols is 2. The Balaban J connectivity index is 1.31. The van der Waals surface area contributed by atoms with E-state index in [2.05, 4.69) is 32.6 Å². The fourth-order valence-corrected chi connectivity index (χ4v) is 7.53. The summed E-state index contributed by atoms with van der Waals surface area (Å²) >= 11 is 0. The Bertz CT molecular complexity index is 2270. The zero-order valence-corrected chi connectivity index (χ0v) is 26.9. The number of rotatable bonds is 8. The Kier molecular flexibility index (Phi) is 8.83. The fraction of sp³-hybridized carbons (Fsp3) is 0.176. The lowest BCUT2D eigenvalue weighted by Crippen LogP contribution is -2.30. The second kappa shape index (κ2) is 12.9. The molecule has 0 bridgehead atoms. The standard InChI is InChI=1S/C34H30N4O8S2/c39-28-15-13-27(14-16-28)36-35-25-9-5-23(6-10-25)34(18-2-1-3-19-34)24-7-11-26(12-8-24)37-38-33-30(40)17-4-22-20-29(47(41,42)43)21-31(32(22)33)48(44,45)46/h4-17,20-21,39-40H,1-3,18-19H2,(H,41,42,43)(H,44,45,46). The number of hydrogen-bond acceptors (Lipinski definition) is 10. The normalized spacial score (nSPS) is 15.4. The molecule has 5 aromatic carbocycles. The number of hydrogen-bond donors (Lipinski definition) is 4. The lowest BCUT2D eigenvalue weighted by Gasteiger charge is -2.38. The molecule has 0 heterocycles. The van der Waals surface area contributed by atoms with E-state index in [1.54, 1.807) is 36.4 Å². The monoisotopic (exact) mass is 686 g/mol. The molecule has 1 saturated carbocycles. The Labute approximate surface area is 276 Å². The molecule has 0 amide bonds. The van der Waals surface area contributed by atoms with E-state index in [1.165, 1.54) is 12.1 Å². The van der Waals surface area contributed by atoms with Crippen LogP contribution < -0.4 is 0 Å². The second-order valence-electron chi connectivity index (χ2n) is 11.6. The molecule has 5 aromatic rings. The highest BCUT2D eigenvalue weighted by Gasteiger charge is 2.35. The van der Waals surface area contributed by atoms with Crippen LogP contribution in [0.15, 0.2) is 127 Å². The molecule has 48 heavy (non-hydrogen) atoms. The summed E-state index contributed by atoms with van der Waals surface area (Å²) in [5.74, 6) is -0.302. The summed E-state index contributed by atoms with van der Waals surface area (Å²) in [6.07, 6.45) is 5.13. The van der Waals surface area contributed by atoms with Crippen LogP contribution in [0.3, 0.4) is 0 Å². The number of azo groups is 2. The van der Waals surface area contributed by atoms with E-state index in [9.17, 15) is 36.2 Å². The van der Waals surface area contributed by atoms with Crippen molar-refractivity contribution >= 4 is 53.8 Å². The van der Waals surface area contributed by atoms with Gasteiger partial charge in [-0.25, -0.2) is 0 Å². The van der Waals surface area contributed by atoms with Gasteiger partial charge in [0.1, 0.15) is 22.1 Å². The van der Waals surface area contributed by atoms with Gasteiger partial charge in [-0.1, -0.05) is 49.6 Å². The van der Waals surface area contributed by atoms with Crippen molar-refractivity contribution in [1.29, 1.82) is 0 Å². The smallest absolute Gasteiger partial charge is 0.295 e. The van der Waals surface area contributed by atoms with E-state index in [-0.39, 0.29) is 27.6 Å². The van der Waals surface area contributed by atoms with Crippen LogP contribution in [0.25, 0.3) is 10.8 Å². The third-order valence-electron chi connectivity index (χ3n) is 8.53. The van der Waals surface area contributed by atoms with E-state index in [0.717, 1.165) is 49.3 Å². The van der Waals surface area contributed by atoms with Crippen molar-refractivity contribution in [2.45, 2.75) is 47.3 Å². The summed E-state index contributed by atoms with van der Waals surface area (Å²) in [6, 6.07) is 25.9. The molecule has 4 N–H and O–H groups in total. The SMILES string of the molecule is O=S(=O)(O)c1cc(S(=O)(=O)O)c2c(N=Nc3ccc(C4(c5ccc(N=Nc6ccc(O)cc6)cc5)CCCCC4)cc3)c(O)ccc2c1. The molecule has 1 fully saturated rings. The van der Waals surface area contributed by atoms with Gasteiger partial charge in [0.15, 0.2) is 0 Å². The maximum Gasteiger partial charge on any atom is 0.295 e. The molecule has 246 valence electrons. The van der Waals surface area contributed by atoms with Crippen LogP contribution in [0.2, 0.25) is 0 Å². The first kappa shape index (κ1) is 32.9. The first-order chi connectivity index (χ1) is 22.8. The molecular weight excluding hydrogens is 657 g/mol. The Morgan fingerprint density at radius 1 is 0.562 bits per heavy atom. The highest BCUT2D eigenvalue weighted by Crippen LogP contribution is 2.46. The minimum absolute atomic E-state index is 0.0214. The van der Waals surface area contributed by atoms with Crippen molar-refractivity contribution in [2.75, 3.05) is 0 Å². The molecular formula is C34H30N4O8S2. The number of fused-ring (bicyclic) bond motifs is 1. The van der Waals surface area contributed by atoms with Gasteiger partial charge in [-0.05, 0) is 96.1 Å². The van der Waals surface area contributed by atoms with Crippen LogP contribution in [-0.4, -0.2) is 36.2 Å². The van der Waals surface area contributed by atoms with Gasteiger partial charge in [0.25, 0.3) is 20.2 Å². The van der Waals surface area contributed by atoms with Crippen molar-refractivity contribution in [1.82, 2.24) is 0 Å². The fourth-order valence-electron chi connectivity index (χ4n) is 6.16. The summed E-state index contributed by atoms with van der Waals surface area (Å²) in [4.78, 5) is -1.61. The van der Waals surface area contributed by atoms with E-state index >= 15 is 0 Å². The van der Waals surface area contributed by atoms with Crippen molar-refractivity contribution in [3.63, 3.8) is 0 Å². The highest BCUT2D eigenvalue weighted by atomic mass is 32.2. The molecule has 0 aliphatic heterocycles. The minimum atomic E-state index is -5.01. The van der Waals surface area contributed by atoms with Gasteiger partial charge in [0.2, 0.25) is 0 Å². The number of aromatic hydroxyl groups is 2. The summed E-state index contributed by atoms with van der Waals surface area (Å²) in [5.41, 5.74) is 3.38. The molecule has 14 heteroatoms. The largest absolute Gasteiger partial charge is 0.508 e. The maximum atomic E-state index is 12.2. The summed E-state index contributed by atoms with van der Waals surface area (Å²) in [6.45, 7) is 0. The molecule has 0 aromatic heterocycles. The summed E-state index contributed by atoms with van der Waals surface area (Å²) in [5, 5.41) is 36.6. The molecule has 12 nitrogen and oxygen atoms in total. The lowest BCUT2D eigenvalue weighted by molar-refractivity contribution is 0.346. The average molecular weight is 687 g/mol. The van der Waals surface area contributed by atoms with Gasteiger partial charge in [-0.15, -0.1) is 5.11 Å². The van der Waals surface area contributed by atoms with E-state index < -0.39 is 35.8 Å². The third-order valence-corrected chi connectivity index (χ3v) is 10.2. The van der Waals surface area contributed by atoms with Crippen LogP contribution in [0.5, 0.6) is 11.5 Å². The molecule has 0 unspecified atom stereocenters. The average Bonchev–Trinajstić information content (AvgIpc) is 3.07. The zero-order valence-electron chi connectivity index (χ0n) is 25.3. The molecule has 0 spiro atoms. The quantitative estimate of drug-likeness (QED) is 0.0916. The zero-order chi connectivity index (χ0) is 34.1. The summed E-state index contributed by atoms with van der Waals surface area (Å²) in [7, 11) is -9.83. The van der Waals surface area contributed by atoms with Gasteiger partial charge >= 0.3 is 0 Å². The van der Waals surface area contributed by atoms with Gasteiger partial charge in [0, 0.05) is 10.8 Å². The van der Waals surface area contributed by atoms with E-state index in [1.807, 2.05) is 24.3 Å². The van der Waals surface area contributed by atoms with Crippen LogP contribution in [-0.2, 0) is 25.7 Å². The van der Waals surface area contributed by atoms with E-state index in [4.69, 9.17) is 0 Å². The van der Waals surface area contributed by atoms with Gasteiger partial charge in [-0.2, -0.15) is 32.2 Å². The van der Waals surface area contributed by atoms with Crippen molar-refractivity contribution in [2.24, 2.45) is 20.5 Å². The molecule has 6 rings (SSSR count). The Hall–Kier alpha value is -5.02. The van der Waals surface area contributed by atoms with Crippen LogP contribution >= 0.6 is 0 Å². The lowest BCUT2D eigenvalue weighted by atomic mass is 9.65. The van der Waals surface area contributed by atoms with Crippen LogP contribution in [0.4, 0.5) is 22.7 Å². The Morgan fingerprint density at radius 2 is 1.06 bits per heavy atom. The molecule has 1 aliphatic rings. The van der Waals surface area contributed by atoms with Crippen molar-refractivity contribution < 1.29 is 36.2 Å². The first-order valence-electron chi connectivity index (χ1n) is 14.9. The van der Waals surface area contributed by atoms with Gasteiger partial charge < -0.3 is 10.2 Å². The predicted octanol–water partition coefficient (Wildman–Crippen LogP) is 8.83. The van der Waals surface area contributed by atoms with Gasteiger partial charge in [0.05, 0.1) is 22.0 Å². The highest BCUT2D eigenvalue weighted by molar-refractivity contribution is 7.86. The molecule has 0 radical (unpaired) electrons. The predicted molar refractivity (Wildman–Crippen MR) is 178 cm³/mol. The molecule has 0 saturated heterocycles. The topological polar surface area (TPSA) is 199 Å². The van der Waals surface area contributed by atoms with Crippen LogP contribution in [0.1, 0.15) is 43.2 Å². The number of benzene rings is 5. The third kappa shape index (κ3) is 6.82. The molecule has 0 atom stereocenters. The molecule has 1 aliphatic carbocycles. The van der Waals surface area contributed by atoms with Gasteiger partial charge in [-0.3, -0.25) is 9.11 Å². The number of nitrogens with zero attached hydrogens (tertiary/aromatic N) is 4. The maximum absolute atomic E-state index is 12.2. The van der Waals surface area contributed by atoms with E-state index in [0.29, 0.717) is 23.1 Å². The first-order valence-corrected chi connectivity index (χ1v) is 17.8. The van der Waals surface area contributed by atoms with Crippen molar-refractivity contribution in [3.05, 3.63) is 108 Å². The van der Waals surface area contributed by atoms with Crippen molar-refractivity contribution in [3.8, 4) is 11.5 Å². The number of phenolic OH excluding ortho intramolecular Hbond substituents is 2. The van der Waals surface area contributed by atoms with Crippen LogP contribution in [0, 0.1) is 0 Å². The summed E-state index contributed by atoms with van der Waals surface area (Å²) < 4.78 is 67.3. The second-order valence-corrected chi connectivity index (χ2v) is 14.4. The minimum Gasteiger partial charge on any atom is -0.508 e.